The van der Waals surface area contributed by atoms with Gasteiger partial charge in [-0.3, -0.25) is 4.90 Å². The van der Waals surface area contributed by atoms with E-state index in [0.29, 0.717) is 31.3 Å². The third kappa shape index (κ3) is 4.68. The molecule has 4 aliphatic rings. The summed E-state index contributed by atoms with van der Waals surface area (Å²) in [5, 5.41) is 6.51. The summed E-state index contributed by atoms with van der Waals surface area (Å²) < 4.78 is 12.0. The van der Waals surface area contributed by atoms with Gasteiger partial charge in [-0.2, -0.15) is 9.97 Å². The van der Waals surface area contributed by atoms with Crippen molar-refractivity contribution >= 4 is 33.9 Å². The van der Waals surface area contributed by atoms with E-state index >= 15 is 0 Å². The zero-order chi connectivity index (χ0) is 25.5. The predicted octanol–water partition coefficient (Wildman–Crippen LogP) is 3.50. The van der Waals surface area contributed by atoms with Gasteiger partial charge in [0.2, 0.25) is 0 Å². The summed E-state index contributed by atoms with van der Waals surface area (Å²) in [6.07, 6.45) is 3.48. The Bertz CT molecular complexity index is 1310. The van der Waals surface area contributed by atoms with Gasteiger partial charge in [-0.1, -0.05) is 35.9 Å². The monoisotopic (exact) mass is 534 g/mol. The molecule has 1 aromatic heterocycles. The first kappa shape index (κ1) is 24.4. The van der Waals surface area contributed by atoms with Gasteiger partial charge in [0.15, 0.2) is 0 Å². The molecule has 0 amide bonds. The van der Waals surface area contributed by atoms with Crippen LogP contribution in [0.2, 0.25) is 5.02 Å². The Balaban J connectivity index is 1.12. The lowest BCUT2D eigenvalue weighted by atomic mass is 10.0. The number of ether oxygens (including phenoxy) is 2. The number of hydrogen-bond donors (Lipinski definition) is 1. The van der Waals surface area contributed by atoms with Crippen molar-refractivity contribution in [3.05, 3.63) is 52.7 Å². The van der Waals surface area contributed by atoms with Gasteiger partial charge in [0, 0.05) is 68.5 Å². The van der Waals surface area contributed by atoms with Crippen molar-refractivity contribution in [1.29, 1.82) is 0 Å². The first-order chi connectivity index (χ1) is 18.7. The van der Waals surface area contributed by atoms with Crippen LogP contribution >= 0.6 is 11.6 Å². The third-order valence-electron chi connectivity index (χ3n) is 8.45. The molecular formula is C29H35ClN6O2. The number of hydrogen-bond acceptors (Lipinski definition) is 8. The van der Waals surface area contributed by atoms with Gasteiger partial charge in [0.05, 0.1) is 36.6 Å². The van der Waals surface area contributed by atoms with Crippen LogP contribution < -0.4 is 19.9 Å². The average molecular weight is 535 g/mol. The van der Waals surface area contributed by atoms with Crippen LogP contribution in [-0.4, -0.2) is 86.0 Å². The topological polar surface area (TPSA) is 66.0 Å². The molecule has 2 atom stereocenters. The summed E-state index contributed by atoms with van der Waals surface area (Å²) in [5.74, 6) is 1.05. The Hall–Kier alpha value is -2.65. The van der Waals surface area contributed by atoms with Crippen LogP contribution in [-0.2, 0) is 17.7 Å². The van der Waals surface area contributed by atoms with Crippen molar-refractivity contribution < 1.29 is 9.47 Å². The van der Waals surface area contributed by atoms with Crippen LogP contribution in [0.15, 0.2) is 36.4 Å². The van der Waals surface area contributed by atoms with E-state index in [1.165, 1.54) is 12.0 Å². The maximum Gasteiger partial charge on any atom is 0.318 e. The average Bonchev–Trinajstić information content (AvgIpc) is 3.59. The second-order valence-electron chi connectivity index (χ2n) is 10.8. The van der Waals surface area contributed by atoms with Crippen molar-refractivity contribution in [3.8, 4) is 6.01 Å². The number of rotatable bonds is 7. The Morgan fingerprint density at radius 3 is 2.74 bits per heavy atom. The van der Waals surface area contributed by atoms with Gasteiger partial charge in [-0.05, 0) is 36.8 Å². The molecule has 3 aromatic rings. The van der Waals surface area contributed by atoms with Crippen LogP contribution in [0, 0.1) is 0 Å². The van der Waals surface area contributed by atoms with Gasteiger partial charge in [0.25, 0.3) is 0 Å². The fraction of sp³-hybridized carbons (Fsp3) is 0.517. The SMILES string of the molecule is Clc1cccc2cccc(N3CCc4c(nc(OCCCN5C[C@@H]6C[C@H]5CO6)nc4N4CCNCC4)C3)c12. The number of morpholine rings is 1. The van der Waals surface area contributed by atoms with E-state index in [9.17, 15) is 0 Å². The molecule has 3 fully saturated rings. The molecule has 1 N–H and O–H groups in total. The van der Waals surface area contributed by atoms with Gasteiger partial charge >= 0.3 is 6.01 Å². The number of anilines is 2. The molecular weight excluding hydrogens is 500 g/mol. The van der Waals surface area contributed by atoms with Crippen LogP contribution in [0.4, 0.5) is 11.5 Å². The molecule has 0 aliphatic carbocycles. The summed E-state index contributed by atoms with van der Waals surface area (Å²) in [6.45, 7) is 9.06. The van der Waals surface area contributed by atoms with Crippen LogP contribution in [0.25, 0.3) is 10.8 Å². The normalized spacial score (nSPS) is 23.3. The lowest BCUT2D eigenvalue weighted by Crippen LogP contribution is -2.45. The van der Waals surface area contributed by atoms with Crippen molar-refractivity contribution in [2.45, 2.75) is 38.0 Å². The summed E-state index contributed by atoms with van der Waals surface area (Å²) in [5.41, 5.74) is 3.48. The van der Waals surface area contributed by atoms with Gasteiger partial charge in [-0.15, -0.1) is 0 Å². The fourth-order valence-corrected chi connectivity index (χ4v) is 6.80. The molecule has 2 aromatic carbocycles. The van der Waals surface area contributed by atoms with Crippen molar-refractivity contribution in [2.75, 3.05) is 68.8 Å². The second kappa shape index (κ2) is 10.5. The molecule has 4 aliphatic heterocycles. The van der Waals surface area contributed by atoms with Crippen molar-refractivity contribution in [3.63, 3.8) is 0 Å². The van der Waals surface area contributed by atoms with E-state index in [0.717, 1.165) is 98.3 Å². The maximum atomic E-state index is 6.68. The number of halogens is 1. The molecule has 2 bridgehead atoms. The molecule has 0 spiro atoms. The molecule has 8 nitrogen and oxygen atoms in total. The number of piperazine rings is 1. The standard InChI is InChI=1S/C29H35ClN6O2/c30-24-6-1-4-20-5-2-7-26(27(20)24)36-12-8-23-25(18-36)32-29(33-28(23)34-13-9-31-10-14-34)37-15-3-11-35-17-22-16-21(35)19-38-22/h1-2,4-7,21-22,31H,3,8-19H2/t21-,22-/m0/s1. The molecule has 200 valence electrons. The third-order valence-corrected chi connectivity index (χ3v) is 8.76. The molecule has 9 heteroatoms. The molecule has 7 rings (SSSR count). The Morgan fingerprint density at radius 1 is 1.05 bits per heavy atom. The number of aromatic nitrogens is 2. The van der Waals surface area contributed by atoms with Crippen LogP contribution in [0.3, 0.4) is 0 Å². The Morgan fingerprint density at radius 2 is 1.92 bits per heavy atom. The molecule has 0 unspecified atom stereocenters. The summed E-state index contributed by atoms with van der Waals surface area (Å²) in [4.78, 5) is 17.3. The minimum Gasteiger partial charge on any atom is -0.463 e. The number of benzene rings is 2. The van der Waals surface area contributed by atoms with E-state index in [2.05, 4.69) is 44.3 Å². The Kier molecular flexibility index (Phi) is 6.73. The van der Waals surface area contributed by atoms with Crippen molar-refractivity contribution in [1.82, 2.24) is 20.2 Å². The minimum absolute atomic E-state index is 0.436. The molecule has 5 heterocycles. The van der Waals surface area contributed by atoms with E-state index in [1.807, 2.05) is 12.1 Å². The summed E-state index contributed by atoms with van der Waals surface area (Å²) in [6, 6.07) is 13.6. The lowest BCUT2D eigenvalue weighted by molar-refractivity contribution is 0.0287. The highest BCUT2D eigenvalue weighted by Gasteiger charge is 2.38. The van der Waals surface area contributed by atoms with Gasteiger partial charge in [-0.25, -0.2) is 0 Å². The van der Waals surface area contributed by atoms with Gasteiger partial charge < -0.3 is 24.6 Å². The highest BCUT2D eigenvalue weighted by Crippen LogP contribution is 2.37. The van der Waals surface area contributed by atoms with Crippen molar-refractivity contribution in [2.24, 2.45) is 0 Å². The minimum atomic E-state index is 0.436. The lowest BCUT2D eigenvalue weighted by Gasteiger charge is -2.35. The van der Waals surface area contributed by atoms with Crippen LogP contribution in [0.1, 0.15) is 24.1 Å². The maximum absolute atomic E-state index is 6.68. The summed E-state index contributed by atoms with van der Waals surface area (Å²) >= 11 is 6.68. The highest BCUT2D eigenvalue weighted by molar-refractivity contribution is 6.36. The fourth-order valence-electron chi connectivity index (χ4n) is 6.52. The molecule has 0 radical (unpaired) electrons. The van der Waals surface area contributed by atoms with E-state index < -0.39 is 0 Å². The second-order valence-corrected chi connectivity index (χ2v) is 11.2. The zero-order valence-corrected chi connectivity index (χ0v) is 22.5. The smallest absolute Gasteiger partial charge is 0.318 e. The van der Waals surface area contributed by atoms with Gasteiger partial charge in [0.1, 0.15) is 5.82 Å². The molecule has 0 saturated carbocycles. The first-order valence-corrected chi connectivity index (χ1v) is 14.4. The summed E-state index contributed by atoms with van der Waals surface area (Å²) in [7, 11) is 0. The van der Waals surface area contributed by atoms with E-state index in [4.69, 9.17) is 31.0 Å². The van der Waals surface area contributed by atoms with E-state index in [1.54, 1.807) is 0 Å². The molecule has 38 heavy (non-hydrogen) atoms. The number of fused-ring (bicyclic) bond motifs is 4. The molecule has 3 saturated heterocycles. The predicted molar refractivity (Wildman–Crippen MR) is 151 cm³/mol. The number of likely N-dealkylation sites (tertiary alicyclic amines) is 1. The quantitative estimate of drug-likeness (QED) is 0.462. The Labute approximate surface area is 228 Å². The highest BCUT2D eigenvalue weighted by atomic mass is 35.5. The largest absolute Gasteiger partial charge is 0.463 e. The number of nitrogens with one attached hydrogen (secondary N) is 1. The first-order valence-electron chi connectivity index (χ1n) is 14.0. The van der Waals surface area contributed by atoms with E-state index in [-0.39, 0.29) is 0 Å². The number of nitrogens with zero attached hydrogens (tertiary/aromatic N) is 5. The zero-order valence-electron chi connectivity index (χ0n) is 21.7. The van der Waals surface area contributed by atoms with Crippen LogP contribution in [0.5, 0.6) is 6.01 Å².